The van der Waals surface area contributed by atoms with Crippen molar-refractivity contribution < 1.29 is 19.1 Å². The van der Waals surface area contributed by atoms with Gasteiger partial charge in [0.25, 0.3) is 11.8 Å². The van der Waals surface area contributed by atoms with Gasteiger partial charge in [0.15, 0.2) is 0 Å². The fraction of sp³-hybridized carbons (Fsp3) is 0.438. The number of carbonyl (C=O) groups excluding carboxylic acids is 3. The van der Waals surface area contributed by atoms with E-state index in [1.165, 1.54) is 0 Å². The minimum atomic E-state index is -0.676. The number of aromatic nitrogens is 1. The molecule has 1 saturated heterocycles. The number of hydrogen-bond donors (Lipinski definition) is 1. The number of imide groups is 2. The Morgan fingerprint density at radius 2 is 1.96 bits per heavy atom. The van der Waals surface area contributed by atoms with E-state index in [4.69, 9.17) is 4.74 Å². The molecule has 1 N–H and O–H groups in total. The first kappa shape index (κ1) is 17.0. The molecule has 124 valence electrons. The molecule has 0 atom stereocenters. The summed E-state index contributed by atoms with van der Waals surface area (Å²) < 4.78 is 7.15. The smallest absolute Gasteiger partial charge is 0.331 e. The van der Waals surface area contributed by atoms with Crippen molar-refractivity contribution in [2.75, 3.05) is 20.3 Å². The number of ether oxygens (including phenoxy) is 1. The Kier molecular flexibility index (Phi) is 5.00. The molecule has 0 unspecified atom stereocenters. The van der Waals surface area contributed by atoms with Crippen molar-refractivity contribution in [3.63, 3.8) is 0 Å². The van der Waals surface area contributed by atoms with Gasteiger partial charge in [-0.15, -0.1) is 0 Å². The summed E-state index contributed by atoms with van der Waals surface area (Å²) in [5.74, 6) is -1.23. The van der Waals surface area contributed by atoms with E-state index < -0.39 is 17.8 Å². The summed E-state index contributed by atoms with van der Waals surface area (Å²) in [5.41, 5.74) is 2.70. The molecule has 4 amide bonds. The first-order valence-corrected chi connectivity index (χ1v) is 7.45. The van der Waals surface area contributed by atoms with Crippen LogP contribution in [0.2, 0.25) is 0 Å². The van der Waals surface area contributed by atoms with Gasteiger partial charge in [-0.2, -0.15) is 0 Å². The number of rotatable bonds is 5. The van der Waals surface area contributed by atoms with E-state index in [2.05, 4.69) is 9.88 Å². The third-order valence-corrected chi connectivity index (χ3v) is 3.93. The number of carbonyl (C=O) groups is 3. The normalized spacial score (nSPS) is 17.1. The first-order chi connectivity index (χ1) is 10.9. The highest BCUT2D eigenvalue weighted by Gasteiger charge is 2.34. The molecular formula is C16H21N3O4. The maximum Gasteiger partial charge on any atom is 0.331 e. The molecule has 0 aromatic carbocycles. The van der Waals surface area contributed by atoms with Crippen molar-refractivity contribution in [2.24, 2.45) is 0 Å². The minimum Gasteiger partial charge on any atom is -0.383 e. The third kappa shape index (κ3) is 3.19. The Balaban J connectivity index is 2.39. The second kappa shape index (κ2) is 6.78. The Morgan fingerprint density at radius 1 is 1.26 bits per heavy atom. The molecule has 1 fully saturated rings. The van der Waals surface area contributed by atoms with Crippen LogP contribution in [-0.4, -0.2) is 47.6 Å². The van der Waals surface area contributed by atoms with Gasteiger partial charge in [0.1, 0.15) is 5.57 Å². The lowest BCUT2D eigenvalue weighted by Crippen LogP contribution is -2.53. The molecule has 23 heavy (non-hydrogen) atoms. The third-order valence-electron chi connectivity index (χ3n) is 3.93. The molecule has 0 radical (unpaired) electrons. The molecule has 1 aliphatic rings. The van der Waals surface area contributed by atoms with Crippen molar-refractivity contribution in [2.45, 2.75) is 27.3 Å². The molecule has 1 aromatic rings. The molecule has 7 heteroatoms. The van der Waals surface area contributed by atoms with Gasteiger partial charge in [-0.1, -0.05) is 0 Å². The van der Waals surface area contributed by atoms with Crippen LogP contribution in [0.15, 0.2) is 11.6 Å². The highest BCUT2D eigenvalue weighted by atomic mass is 16.5. The van der Waals surface area contributed by atoms with Crippen LogP contribution in [0, 0.1) is 13.8 Å². The van der Waals surface area contributed by atoms with Crippen molar-refractivity contribution in [3.05, 3.63) is 28.6 Å². The Labute approximate surface area is 134 Å². The zero-order valence-electron chi connectivity index (χ0n) is 13.8. The predicted octanol–water partition coefficient (Wildman–Crippen LogP) is 1.23. The number of amides is 4. The zero-order valence-corrected chi connectivity index (χ0v) is 13.8. The number of aryl methyl sites for hydroxylation is 1. The van der Waals surface area contributed by atoms with Crippen LogP contribution in [0.1, 0.15) is 23.9 Å². The molecule has 7 nitrogen and oxygen atoms in total. The minimum absolute atomic E-state index is 0.0292. The van der Waals surface area contributed by atoms with Crippen LogP contribution >= 0.6 is 0 Å². The lowest BCUT2D eigenvalue weighted by Gasteiger charge is -2.24. The second-order valence-corrected chi connectivity index (χ2v) is 5.34. The highest BCUT2D eigenvalue weighted by Crippen LogP contribution is 2.20. The van der Waals surface area contributed by atoms with Crippen molar-refractivity contribution in [1.82, 2.24) is 14.8 Å². The van der Waals surface area contributed by atoms with Gasteiger partial charge in [0.05, 0.1) is 6.61 Å². The van der Waals surface area contributed by atoms with Crippen LogP contribution in [0.25, 0.3) is 6.08 Å². The quantitative estimate of drug-likeness (QED) is 0.654. The maximum atomic E-state index is 12.3. The van der Waals surface area contributed by atoms with Crippen molar-refractivity contribution in [1.29, 1.82) is 0 Å². The number of methoxy groups -OCH3 is 1. The predicted molar refractivity (Wildman–Crippen MR) is 84.7 cm³/mol. The van der Waals surface area contributed by atoms with Gasteiger partial charge >= 0.3 is 6.03 Å². The average Bonchev–Trinajstić information content (AvgIpc) is 2.76. The Morgan fingerprint density at radius 3 is 2.57 bits per heavy atom. The molecule has 1 aromatic heterocycles. The van der Waals surface area contributed by atoms with E-state index in [0.29, 0.717) is 13.2 Å². The summed E-state index contributed by atoms with van der Waals surface area (Å²) in [6, 6.07) is 1.23. The summed E-state index contributed by atoms with van der Waals surface area (Å²) in [4.78, 5) is 36.9. The Bertz CT molecular complexity index is 688. The largest absolute Gasteiger partial charge is 0.383 e. The van der Waals surface area contributed by atoms with Gasteiger partial charge in [-0.25, -0.2) is 4.79 Å². The first-order valence-electron chi connectivity index (χ1n) is 7.45. The van der Waals surface area contributed by atoms with Crippen LogP contribution in [0.4, 0.5) is 4.79 Å². The molecule has 0 aliphatic carbocycles. The molecule has 0 bridgehead atoms. The Hall–Kier alpha value is -2.41. The summed E-state index contributed by atoms with van der Waals surface area (Å²) >= 11 is 0. The van der Waals surface area contributed by atoms with Gasteiger partial charge in [0, 0.05) is 31.6 Å². The average molecular weight is 319 g/mol. The number of hydrogen-bond acceptors (Lipinski definition) is 4. The standard InChI is InChI=1S/C16H21N3O4/c1-5-18-15(21)13(14(20)17-16(18)22)9-12-8-10(2)19(11(12)3)6-7-23-4/h8-9H,5-7H2,1-4H3,(H,17,20,22)/b13-9-. The van der Waals surface area contributed by atoms with E-state index in [1.807, 2.05) is 19.9 Å². The molecule has 0 spiro atoms. The molecule has 2 heterocycles. The van der Waals surface area contributed by atoms with Gasteiger partial charge < -0.3 is 9.30 Å². The van der Waals surface area contributed by atoms with Crippen LogP contribution < -0.4 is 5.32 Å². The topological polar surface area (TPSA) is 80.6 Å². The highest BCUT2D eigenvalue weighted by molar-refractivity contribution is 6.31. The van der Waals surface area contributed by atoms with Crippen molar-refractivity contribution >= 4 is 23.9 Å². The second-order valence-electron chi connectivity index (χ2n) is 5.34. The zero-order chi connectivity index (χ0) is 17.1. The fourth-order valence-corrected chi connectivity index (χ4v) is 2.64. The SMILES string of the molecule is CCN1C(=O)NC(=O)/C(=C/c2cc(C)n(CCOC)c2C)C1=O. The van der Waals surface area contributed by atoms with Crippen LogP contribution in [0.3, 0.4) is 0 Å². The van der Waals surface area contributed by atoms with E-state index in [-0.39, 0.29) is 12.1 Å². The van der Waals surface area contributed by atoms with Crippen LogP contribution in [-0.2, 0) is 20.9 Å². The monoisotopic (exact) mass is 319 g/mol. The van der Waals surface area contributed by atoms with Gasteiger partial charge in [-0.3, -0.25) is 19.8 Å². The lowest BCUT2D eigenvalue weighted by atomic mass is 10.1. The van der Waals surface area contributed by atoms with Crippen molar-refractivity contribution in [3.8, 4) is 0 Å². The van der Waals surface area contributed by atoms with Gasteiger partial charge in [-0.05, 0) is 38.5 Å². The number of barbiturate groups is 1. The van der Waals surface area contributed by atoms with E-state index in [0.717, 1.165) is 21.9 Å². The molecular weight excluding hydrogens is 298 g/mol. The lowest BCUT2D eigenvalue weighted by molar-refractivity contribution is -0.129. The number of nitrogens with zero attached hydrogens (tertiary/aromatic N) is 2. The summed E-state index contributed by atoms with van der Waals surface area (Å²) in [6.07, 6.45) is 1.54. The van der Waals surface area contributed by atoms with Crippen LogP contribution in [0.5, 0.6) is 0 Å². The number of nitrogens with one attached hydrogen (secondary N) is 1. The molecule has 1 aliphatic heterocycles. The molecule has 0 saturated carbocycles. The summed E-state index contributed by atoms with van der Waals surface area (Å²) in [6.45, 7) is 7.03. The van der Waals surface area contributed by atoms with E-state index >= 15 is 0 Å². The van der Waals surface area contributed by atoms with E-state index in [9.17, 15) is 14.4 Å². The van der Waals surface area contributed by atoms with E-state index in [1.54, 1.807) is 20.1 Å². The summed E-state index contributed by atoms with van der Waals surface area (Å²) in [7, 11) is 1.64. The number of urea groups is 1. The fourth-order valence-electron chi connectivity index (χ4n) is 2.64. The number of likely N-dealkylation sites (N-methyl/N-ethyl adjacent to an activating group) is 1. The summed E-state index contributed by atoms with van der Waals surface area (Å²) in [5, 5.41) is 2.19. The molecule has 2 rings (SSSR count). The maximum absolute atomic E-state index is 12.3. The van der Waals surface area contributed by atoms with Gasteiger partial charge in [0.2, 0.25) is 0 Å².